The number of fused-ring (bicyclic) bond motifs is 1. The van der Waals surface area contributed by atoms with Gasteiger partial charge in [-0.05, 0) is 23.8 Å². The molecule has 0 fully saturated rings. The fourth-order valence-electron chi connectivity index (χ4n) is 3.01. The molecule has 0 aliphatic carbocycles. The number of carbonyl (C=O) groups excluding carboxylic acids is 1. The van der Waals surface area contributed by atoms with Gasteiger partial charge in [-0.2, -0.15) is 0 Å². The van der Waals surface area contributed by atoms with Crippen molar-refractivity contribution in [1.29, 1.82) is 0 Å². The summed E-state index contributed by atoms with van der Waals surface area (Å²) in [5.74, 6) is 0.160. The van der Waals surface area contributed by atoms with Gasteiger partial charge in [0.05, 0.1) is 13.7 Å². The molecule has 0 aliphatic heterocycles. The highest BCUT2D eigenvalue weighted by atomic mass is 16.5. The molecule has 2 aromatic heterocycles. The van der Waals surface area contributed by atoms with Gasteiger partial charge in [0.25, 0.3) is 5.91 Å². The lowest BCUT2D eigenvalue weighted by Crippen LogP contribution is -2.28. The number of benzene rings is 2. The molecule has 4 rings (SSSR count). The first kappa shape index (κ1) is 20.9. The molecule has 0 unspecified atom stereocenters. The second-order valence-electron chi connectivity index (χ2n) is 6.88. The zero-order valence-corrected chi connectivity index (χ0v) is 17.1. The van der Waals surface area contributed by atoms with Crippen molar-refractivity contribution in [2.75, 3.05) is 7.11 Å². The van der Waals surface area contributed by atoms with E-state index in [1.165, 1.54) is 25.5 Å². The number of rotatable bonds is 7. The van der Waals surface area contributed by atoms with Gasteiger partial charge in [0.15, 0.2) is 0 Å². The summed E-state index contributed by atoms with van der Waals surface area (Å²) in [7, 11) is 1.50. The van der Waals surface area contributed by atoms with Crippen molar-refractivity contribution < 1.29 is 23.1 Å². The van der Waals surface area contributed by atoms with Crippen molar-refractivity contribution in [3.8, 4) is 11.5 Å². The van der Waals surface area contributed by atoms with E-state index in [1.807, 2.05) is 30.3 Å². The molecule has 0 aliphatic rings. The predicted octanol–water partition coefficient (Wildman–Crippen LogP) is 3.26. The first-order valence-corrected chi connectivity index (χ1v) is 9.72. The molecule has 4 aromatic rings. The summed E-state index contributed by atoms with van der Waals surface area (Å²) in [6.45, 7) is 0.137. The Morgan fingerprint density at radius 2 is 1.84 bits per heavy atom. The topological polar surface area (TPSA) is 108 Å². The van der Waals surface area contributed by atoms with Crippen LogP contribution < -0.4 is 25.8 Å². The molecule has 1 amide bonds. The van der Waals surface area contributed by atoms with Crippen molar-refractivity contribution in [3.05, 3.63) is 104 Å². The molecule has 2 heterocycles. The van der Waals surface area contributed by atoms with E-state index in [-0.39, 0.29) is 35.7 Å². The van der Waals surface area contributed by atoms with Gasteiger partial charge in [-0.1, -0.05) is 30.3 Å². The van der Waals surface area contributed by atoms with Crippen LogP contribution in [0.25, 0.3) is 11.0 Å². The lowest BCUT2D eigenvalue weighted by Gasteiger charge is -2.07. The predicted molar refractivity (Wildman–Crippen MR) is 116 cm³/mol. The van der Waals surface area contributed by atoms with E-state index in [2.05, 4.69) is 5.32 Å². The molecule has 0 spiro atoms. The zero-order chi connectivity index (χ0) is 22.5. The minimum atomic E-state index is -0.783. The van der Waals surface area contributed by atoms with E-state index in [0.717, 1.165) is 5.56 Å². The van der Waals surface area contributed by atoms with Crippen molar-refractivity contribution in [2.24, 2.45) is 0 Å². The third-order valence-corrected chi connectivity index (χ3v) is 4.70. The standard InChI is InChI=1S/C24H19NO7/c1-29-17-8-7-16-9-19(24(28)32-21(16)11-17)23(27)25-12-18-10-20(26)22(14-30-18)31-13-15-5-3-2-4-6-15/h2-11,14H,12-13H2,1H3,(H,25,27). The third kappa shape index (κ3) is 4.70. The molecule has 0 radical (unpaired) electrons. The van der Waals surface area contributed by atoms with Gasteiger partial charge >= 0.3 is 5.63 Å². The first-order chi connectivity index (χ1) is 15.5. The summed E-state index contributed by atoms with van der Waals surface area (Å²) in [6.07, 6.45) is 1.20. The quantitative estimate of drug-likeness (QED) is 0.446. The maximum Gasteiger partial charge on any atom is 0.349 e. The number of nitrogens with one attached hydrogen (secondary N) is 1. The maximum absolute atomic E-state index is 12.5. The number of hydrogen-bond acceptors (Lipinski definition) is 7. The van der Waals surface area contributed by atoms with Crippen LogP contribution in [0.15, 0.2) is 85.4 Å². The zero-order valence-electron chi connectivity index (χ0n) is 17.1. The largest absolute Gasteiger partial charge is 0.497 e. The molecule has 0 saturated carbocycles. The molecule has 8 nitrogen and oxygen atoms in total. The van der Waals surface area contributed by atoms with Crippen molar-refractivity contribution >= 4 is 16.9 Å². The van der Waals surface area contributed by atoms with Gasteiger partial charge in [-0.3, -0.25) is 9.59 Å². The number of amides is 1. The molecule has 8 heteroatoms. The molecule has 0 saturated heterocycles. The highest BCUT2D eigenvalue weighted by molar-refractivity contribution is 5.96. The lowest BCUT2D eigenvalue weighted by molar-refractivity contribution is 0.0944. The van der Waals surface area contributed by atoms with E-state index in [4.69, 9.17) is 18.3 Å². The van der Waals surface area contributed by atoms with Crippen molar-refractivity contribution in [3.63, 3.8) is 0 Å². The molecule has 32 heavy (non-hydrogen) atoms. The van der Waals surface area contributed by atoms with Crippen LogP contribution in [-0.4, -0.2) is 13.0 Å². The maximum atomic E-state index is 12.5. The molecule has 1 N–H and O–H groups in total. The van der Waals surface area contributed by atoms with Gasteiger partial charge < -0.3 is 23.6 Å². The highest BCUT2D eigenvalue weighted by Crippen LogP contribution is 2.20. The van der Waals surface area contributed by atoms with Crippen LogP contribution >= 0.6 is 0 Å². The van der Waals surface area contributed by atoms with Crippen LogP contribution in [-0.2, 0) is 13.2 Å². The molecule has 0 atom stereocenters. The summed E-state index contributed by atoms with van der Waals surface area (Å²) in [5.41, 5.74) is -0.100. The van der Waals surface area contributed by atoms with Gasteiger partial charge in [0.1, 0.15) is 35.5 Å². The fraction of sp³-hybridized carbons (Fsp3) is 0.125. The molecular weight excluding hydrogens is 414 g/mol. The minimum absolute atomic E-state index is 0.0644. The number of methoxy groups -OCH3 is 1. The lowest BCUT2D eigenvalue weighted by atomic mass is 10.1. The average molecular weight is 433 g/mol. The van der Waals surface area contributed by atoms with E-state index in [0.29, 0.717) is 16.7 Å². The molecule has 2 aromatic carbocycles. The smallest absolute Gasteiger partial charge is 0.349 e. The number of carbonyl (C=O) groups is 1. The van der Waals surface area contributed by atoms with Crippen molar-refractivity contribution in [1.82, 2.24) is 5.32 Å². The number of hydrogen-bond donors (Lipinski definition) is 1. The highest BCUT2D eigenvalue weighted by Gasteiger charge is 2.15. The van der Waals surface area contributed by atoms with Crippen LogP contribution in [0, 0.1) is 0 Å². The Bertz CT molecular complexity index is 1370. The van der Waals surface area contributed by atoms with E-state index in [9.17, 15) is 14.4 Å². The summed E-state index contributed by atoms with van der Waals surface area (Å²) >= 11 is 0. The molecule has 162 valence electrons. The van der Waals surface area contributed by atoms with E-state index < -0.39 is 11.5 Å². The number of ether oxygens (including phenoxy) is 2. The second-order valence-corrected chi connectivity index (χ2v) is 6.88. The van der Waals surface area contributed by atoms with Gasteiger partial charge in [-0.15, -0.1) is 0 Å². The molecular formula is C24H19NO7. The fourth-order valence-corrected chi connectivity index (χ4v) is 3.01. The Labute approximate surface area is 182 Å². The van der Waals surface area contributed by atoms with Crippen molar-refractivity contribution in [2.45, 2.75) is 13.2 Å². The minimum Gasteiger partial charge on any atom is -0.497 e. The summed E-state index contributed by atoms with van der Waals surface area (Å²) in [5, 5.41) is 3.12. The monoisotopic (exact) mass is 433 g/mol. The Balaban J connectivity index is 1.42. The van der Waals surface area contributed by atoms with Crippen LogP contribution in [0.5, 0.6) is 11.5 Å². The Morgan fingerprint density at radius 1 is 1.03 bits per heavy atom. The van der Waals surface area contributed by atoms with Gasteiger partial charge in [-0.25, -0.2) is 4.79 Å². The Morgan fingerprint density at radius 3 is 2.59 bits per heavy atom. The average Bonchev–Trinajstić information content (AvgIpc) is 2.81. The van der Waals surface area contributed by atoms with Crippen LogP contribution in [0.4, 0.5) is 0 Å². The SMILES string of the molecule is COc1ccc2cc(C(=O)NCc3cc(=O)c(OCc4ccccc4)co3)c(=O)oc2c1. The first-order valence-electron chi connectivity index (χ1n) is 9.72. The summed E-state index contributed by atoms with van der Waals surface area (Å²) < 4.78 is 21.2. The molecule has 0 bridgehead atoms. The van der Waals surface area contributed by atoms with Gasteiger partial charge in [0.2, 0.25) is 11.2 Å². The Kier molecular flexibility index (Phi) is 6.03. The van der Waals surface area contributed by atoms with Crippen LogP contribution in [0.2, 0.25) is 0 Å². The third-order valence-electron chi connectivity index (χ3n) is 4.70. The van der Waals surface area contributed by atoms with Crippen LogP contribution in [0.3, 0.4) is 0 Å². The van der Waals surface area contributed by atoms with E-state index in [1.54, 1.807) is 18.2 Å². The second kappa shape index (κ2) is 9.22. The summed E-state index contributed by atoms with van der Waals surface area (Å²) in [4.78, 5) is 36.9. The van der Waals surface area contributed by atoms with E-state index >= 15 is 0 Å². The Hall–Kier alpha value is -4.33. The van der Waals surface area contributed by atoms with Crippen LogP contribution in [0.1, 0.15) is 21.7 Å². The summed E-state index contributed by atoms with van der Waals surface area (Å²) in [6, 6.07) is 17.0. The normalized spacial score (nSPS) is 10.7. The van der Waals surface area contributed by atoms with Gasteiger partial charge in [0, 0.05) is 17.5 Å².